The van der Waals surface area contributed by atoms with E-state index in [1.807, 2.05) is 20.8 Å². The average molecular weight is 1070 g/mol. The molecule has 0 saturated carbocycles. The highest BCUT2D eigenvalue weighted by Gasteiger charge is 2.65. The van der Waals surface area contributed by atoms with E-state index >= 15 is 0 Å². The predicted octanol–water partition coefficient (Wildman–Crippen LogP) is 7.23. The number of carboxylic acids is 1. The Morgan fingerprint density at radius 3 is 2.28 bits per heavy atom. The van der Waals surface area contributed by atoms with E-state index in [1.165, 1.54) is 0 Å². The number of hydrogen-bond donors (Lipinski definition) is 5. The van der Waals surface area contributed by atoms with Gasteiger partial charge < -0.3 is 72.9 Å². The van der Waals surface area contributed by atoms with Crippen LogP contribution in [0.5, 0.6) is 0 Å². The van der Waals surface area contributed by atoms with E-state index in [1.54, 1.807) is 6.92 Å². The van der Waals surface area contributed by atoms with Crippen molar-refractivity contribution in [1.29, 1.82) is 0 Å². The molecular weight excluding hydrogens is 977 g/mol. The Balaban J connectivity index is 0.794. The third-order valence-corrected chi connectivity index (χ3v) is 20.2. The fraction of sp³-hybridized carbons (Fsp3) is 0.883. The molecule has 0 unspecified atom stereocenters. The van der Waals surface area contributed by atoms with Gasteiger partial charge in [0.1, 0.15) is 17.8 Å². The number of carbonyl (C=O) groups is 1. The molecule has 5 N–H and O–H groups in total. The lowest BCUT2D eigenvalue weighted by molar-refractivity contribution is -0.369. The van der Waals surface area contributed by atoms with Crippen molar-refractivity contribution in [3.8, 4) is 0 Å². The number of fused-ring (bicyclic) bond motifs is 8. The Labute approximate surface area is 451 Å². The van der Waals surface area contributed by atoms with Gasteiger partial charge in [-0.1, -0.05) is 58.1 Å². The van der Waals surface area contributed by atoms with E-state index in [2.05, 4.69) is 66.3 Å². The van der Waals surface area contributed by atoms with Crippen molar-refractivity contribution in [2.24, 2.45) is 23.7 Å². The van der Waals surface area contributed by atoms with Gasteiger partial charge in [-0.2, -0.15) is 0 Å². The lowest BCUT2D eigenvalue weighted by atomic mass is 9.72. The monoisotopic (exact) mass is 1070 g/mol. The molecule has 0 aromatic carbocycles. The lowest BCUT2D eigenvalue weighted by Crippen LogP contribution is -2.74. The molecule has 9 saturated heterocycles. The minimum absolute atomic E-state index is 0.0239. The van der Waals surface area contributed by atoms with Crippen molar-refractivity contribution in [3.05, 3.63) is 36.0 Å². The molecule has 27 atom stereocenters. The first kappa shape index (κ1) is 57.4. The Kier molecular flexibility index (Phi) is 16.5. The zero-order valence-corrected chi connectivity index (χ0v) is 47.2. The van der Waals surface area contributed by atoms with Crippen LogP contribution in [-0.4, -0.2) is 176 Å². The zero-order valence-electron chi connectivity index (χ0n) is 47.2. The van der Waals surface area contributed by atoms with Gasteiger partial charge in [0.15, 0.2) is 0 Å². The SMILES string of the molecule is C=C1C[C@H]2O[C@@H]3[C@@H](C[C@]2(C)O[C@@H]1C/C(C)=C/[C@@H](C)CO)O[C@H]1C[C@H]2O[C@H]4CC[C@H]5O[C@H]6C[C@H]7O[C@@H](C[C@H](O)C[C@@H]8C[C@@H](C)[C@@H]([C@@H](C)CC(=O)O)O8)[C@](C)(O)CC[C@@H]7O[C@]6(C)C[C@]5(C)O[C@@H]4C/C=C\[C@H](C)[C@@H]2O[C@]1(C)[C@H]3O. The molecule has 430 valence electrons. The minimum atomic E-state index is -1.20. The van der Waals surface area contributed by atoms with Crippen molar-refractivity contribution >= 4 is 5.97 Å². The maximum atomic E-state index is 12.4. The molecule has 0 aromatic heterocycles. The molecule has 0 radical (unpaired) electrons. The Bertz CT molecular complexity index is 2150. The van der Waals surface area contributed by atoms with Gasteiger partial charge in [0, 0.05) is 44.6 Å². The van der Waals surface area contributed by atoms with E-state index in [4.69, 9.17) is 47.4 Å². The summed E-state index contributed by atoms with van der Waals surface area (Å²) in [4.78, 5) is 11.4. The summed E-state index contributed by atoms with van der Waals surface area (Å²) in [5, 5.41) is 54.8. The molecule has 16 heteroatoms. The van der Waals surface area contributed by atoms with Crippen molar-refractivity contribution in [1.82, 2.24) is 0 Å². The number of carboxylic acid groups (broad SMARTS) is 1. The summed E-state index contributed by atoms with van der Waals surface area (Å²) in [6, 6.07) is 0. The van der Waals surface area contributed by atoms with Gasteiger partial charge in [0.2, 0.25) is 0 Å². The van der Waals surface area contributed by atoms with Crippen LogP contribution in [0.25, 0.3) is 0 Å². The number of aliphatic hydroxyl groups excluding tert-OH is 3. The predicted molar refractivity (Wildman–Crippen MR) is 280 cm³/mol. The van der Waals surface area contributed by atoms with Crippen LogP contribution in [0.3, 0.4) is 0 Å². The van der Waals surface area contributed by atoms with E-state index in [0.29, 0.717) is 77.0 Å². The molecule has 0 aromatic rings. The second-order valence-electron chi connectivity index (χ2n) is 27.0. The molecular formula is C60H94O16. The van der Waals surface area contributed by atoms with Gasteiger partial charge >= 0.3 is 5.97 Å². The molecule has 10 heterocycles. The van der Waals surface area contributed by atoms with Crippen LogP contribution in [0.2, 0.25) is 0 Å². The number of rotatable bonds is 11. The van der Waals surface area contributed by atoms with Gasteiger partial charge in [-0.3, -0.25) is 4.79 Å². The first-order valence-corrected chi connectivity index (χ1v) is 29.4. The summed E-state index contributed by atoms with van der Waals surface area (Å²) in [6.07, 6.45) is 7.40. The van der Waals surface area contributed by atoms with Crippen LogP contribution >= 0.6 is 0 Å². The molecule has 9 fully saturated rings. The highest BCUT2D eigenvalue weighted by molar-refractivity contribution is 5.67. The third-order valence-electron chi connectivity index (χ3n) is 20.2. The number of hydrogen-bond acceptors (Lipinski definition) is 15. The molecule has 10 aliphatic heterocycles. The van der Waals surface area contributed by atoms with Gasteiger partial charge in [-0.25, -0.2) is 0 Å². The molecule has 10 rings (SSSR count). The van der Waals surface area contributed by atoms with Gasteiger partial charge in [0.25, 0.3) is 0 Å². The summed E-state index contributed by atoms with van der Waals surface area (Å²) < 4.78 is 70.0. The van der Waals surface area contributed by atoms with Crippen molar-refractivity contribution in [3.63, 3.8) is 0 Å². The molecule has 76 heavy (non-hydrogen) atoms. The van der Waals surface area contributed by atoms with Crippen LogP contribution in [0.4, 0.5) is 0 Å². The second kappa shape index (κ2) is 21.8. The zero-order chi connectivity index (χ0) is 54.4. The van der Waals surface area contributed by atoms with Crippen molar-refractivity contribution in [2.45, 2.75) is 303 Å². The fourth-order valence-corrected chi connectivity index (χ4v) is 16.0. The van der Waals surface area contributed by atoms with Crippen molar-refractivity contribution in [2.75, 3.05) is 6.61 Å². The topological polar surface area (TPSA) is 211 Å². The molecule has 16 nitrogen and oxygen atoms in total. The summed E-state index contributed by atoms with van der Waals surface area (Å²) in [5.74, 6) is -0.759. The highest BCUT2D eigenvalue weighted by Crippen LogP contribution is 2.54. The standard InChI is InChI=1S/C60H94O16/c1-31(19-32(2)29-61)20-42-34(4)22-48-57(8,75-42)28-45-54(72-48)55(65)60(11)50(70-45)27-44-53(76-60)33(3)13-12-14-40-39(68-44)15-16-46-58(9,73-40)30-59(10)49(71-46)26-43-41(74-59)17-18-56(7,66)47(69-43)25-37(62)24-38-21-35(5)52(67-38)36(6)23-51(63)64/h12-13,19,32-33,35-50,52-55,61-62,65-66H,4,14-18,20-30H2,1-3,5-11H3,(H,63,64)/b13-12-,31-19+/t32-,33+,35-,36+,37-,38+,39+,40-,41+,42-,43-,44-,45-,46-,47+,48-,49+,50+,52+,53+,54-,55+,56-,57+,58+,59-,60+/m1/s1. The summed E-state index contributed by atoms with van der Waals surface area (Å²) in [6.45, 7) is 24.9. The fourth-order valence-electron chi connectivity index (χ4n) is 16.0. The van der Waals surface area contributed by atoms with Crippen LogP contribution in [0, 0.1) is 23.7 Å². The van der Waals surface area contributed by atoms with E-state index in [0.717, 1.165) is 17.6 Å². The Morgan fingerprint density at radius 1 is 0.789 bits per heavy atom. The van der Waals surface area contributed by atoms with E-state index < -0.39 is 70.6 Å². The third kappa shape index (κ3) is 11.2. The number of ether oxygens (including phenoxy) is 10. The highest BCUT2D eigenvalue weighted by atomic mass is 16.6. The number of aliphatic carboxylic acids is 1. The van der Waals surface area contributed by atoms with Gasteiger partial charge in [0.05, 0.1) is 126 Å². The molecule has 0 amide bonds. The van der Waals surface area contributed by atoms with Crippen LogP contribution in [0.15, 0.2) is 36.0 Å². The van der Waals surface area contributed by atoms with Crippen LogP contribution < -0.4 is 0 Å². The normalized spacial score (nSPS) is 52.1. The largest absolute Gasteiger partial charge is 0.481 e. The maximum absolute atomic E-state index is 12.4. The summed E-state index contributed by atoms with van der Waals surface area (Å²) in [5.41, 5.74) is -2.18. The minimum Gasteiger partial charge on any atom is -0.481 e. The average Bonchev–Trinajstić information content (AvgIpc) is 3.71. The van der Waals surface area contributed by atoms with Crippen LogP contribution in [-0.2, 0) is 52.2 Å². The first-order valence-electron chi connectivity index (χ1n) is 29.4. The molecule has 0 spiro atoms. The molecule has 10 aliphatic rings. The maximum Gasteiger partial charge on any atom is 0.303 e. The van der Waals surface area contributed by atoms with E-state index in [9.17, 15) is 30.3 Å². The molecule has 0 bridgehead atoms. The van der Waals surface area contributed by atoms with E-state index in [-0.39, 0.29) is 116 Å². The summed E-state index contributed by atoms with van der Waals surface area (Å²) >= 11 is 0. The Morgan fingerprint density at radius 2 is 1.53 bits per heavy atom. The molecule has 0 aliphatic carbocycles. The lowest BCUT2D eigenvalue weighted by Gasteiger charge is -2.61. The van der Waals surface area contributed by atoms with Crippen molar-refractivity contribution < 1.29 is 77.7 Å². The quantitative estimate of drug-likeness (QED) is 0.129. The van der Waals surface area contributed by atoms with Crippen LogP contribution in [0.1, 0.15) is 166 Å². The Hall–Kier alpha value is -1.87. The first-order chi connectivity index (χ1) is 35.8. The summed E-state index contributed by atoms with van der Waals surface area (Å²) in [7, 11) is 0. The smallest absolute Gasteiger partial charge is 0.303 e. The number of aliphatic hydroxyl groups is 4. The second-order valence-corrected chi connectivity index (χ2v) is 27.0. The van der Waals surface area contributed by atoms with Gasteiger partial charge in [-0.15, -0.1) is 0 Å². The van der Waals surface area contributed by atoms with Gasteiger partial charge in [-0.05, 0) is 123 Å².